The third-order valence-electron chi connectivity index (χ3n) is 3.48. The first kappa shape index (κ1) is 18.9. The van der Waals surface area contributed by atoms with Gasteiger partial charge in [0.2, 0.25) is 0 Å². The topological polar surface area (TPSA) is 65.5 Å². The van der Waals surface area contributed by atoms with Crippen LogP contribution in [0, 0.1) is 12.7 Å². The average Bonchev–Trinajstić information content (AvgIpc) is 3.12. The molecule has 0 spiro atoms. The molecular formula is C18H23FN4OS. The molecule has 0 unspecified atom stereocenters. The maximum absolute atomic E-state index is 13.5. The number of hydrogen-bond donors (Lipinski definition) is 3. The van der Waals surface area contributed by atoms with E-state index in [4.69, 9.17) is 0 Å². The van der Waals surface area contributed by atoms with E-state index in [1.807, 2.05) is 18.4 Å². The molecule has 1 aromatic heterocycles. The minimum atomic E-state index is -0.374. The lowest BCUT2D eigenvalue weighted by Crippen LogP contribution is -2.41. The molecule has 25 heavy (non-hydrogen) atoms. The van der Waals surface area contributed by atoms with Crippen LogP contribution in [0.2, 0.25) is 0 Å². The number of halogens is 1. The van der Waals surface area contributed by atoms with Gasteiger partial charge in [-0.15, -0.1) is 0 Å². The molecular weight excluding hydrogens is 339 g/mol. The largest absolute Gasteiger partial charge is 0.357 e. The first-order valence-corrected chi connectivity index (χ1v) is 9.12. The van der Waals surface area contributed by atoms with E-state index in [-0.39, 0.29) is 11.7 Å². The molecule has 0 fully saturated rings. The molecule has 0 atom stereocenters. The summed E-state index contributed by atoms with van der Waals surface area (Å²) in [5, 5.41) is 13.2. The Morgan fingerprint density at radius 2 is 2.00 bits per heavy atom. The summed E-state index contributed by atoms with van der Waals surface area (Å²) in [4.78, 5) is 16.5. The second-order valence-electron chi connectivity index (χ2n) is 5.47. The van der Waals surface area contributed by atoms with E-state index in [0.717, 1.165) is 12.1 Å². The lowest BCUT2D eigenvalue weighted by atomic mass is 10.1. The van der Waals surface area contributed by atoms with Gasteiger partial charge in [-0.3, -0.25) is 4.79 Å². The number of nitrogens with zero attached hydrogens (tertiary/aromatic N) is 1. The number of carbonyl (C=O) groups is 1. The zero-order valence-corrected chi connectivity index (χ0v) is 15.3. The first-order valence-electron chi connectivity index (χ1n) is 8.17. The Kier molecular flexibility index (Phi) is 7.40. The lowest BCUT2D eigenvalue weighted by molar-refractivity contribution is 0.0954. The molecule has 1 aromatic carbocycles. The number of carbonyl (C=O) groups excluding carboxylic acids is 1. The highest BCUT2D eigenvalue weighted by atomic mass is 32.1. The summed E-state index contributed by atoms with van der Waals surface area (Å²) in [6.07, 6.45) is 0. The van der Waals surface area contributed by atoms with E-state index in [1.165, 1.54) is 6.07 Å². The Morgan fingerprint density at radius 3 is 2.68 bits per heavy atom. The molecule has 0 saturated heterocycles. The lowest BCUT2D eigenvalue weighted by Gasteiger charge is -2.12. The highest BCUT2D eigenvalue weighted by Crippen LogP contribution is 2.09. The zero-order chi connectivity index (χ0) is 18.1. The molecule has 3 N–H and O–H groups in total. The number of aliphatic imine (C=N–C) groups is 1. The fraction of sp³-hybridized carbons (Fsp3) is 0.333. The third-order valence-corrected chi connectivity index (χ3v) is 4.21. The van der Waals surface area contributed by atoms with Crippen molar-refractivity contribution in [3.05, 3.63) is 57.5 Å². The van der Waals surface area contributed by atoms with Crippen molar-refractivity contribution in [1.82, 2.24) is 16.0 Å². The van der Waals surface area contributed by atoms with Crippen LogP contribution in [-0.2, 0) is 6.54 Å². The summed E-state index contributed by atoms with van der Waals surface area (Å²) in [5.41, 5.74) is 2.01. The van der Waals surface area contributed by atoms with Gasteiger partial charge >= 0.3 is 0 Å². The van der Waals surface area contributed by atoms with Crippen molar-refractivity contribution in [2.75, 3.05) is 19.6 Å². The van der Waals surface area contributed by atoms with Gasteiger partial charge < -0.3 is 16.0 Å². The number of aryl methyl sites for hydroxylation is 1. The molecule has 2 aromatic rings. The molecule has 0 aliphatic rings. The smallest absolute Gasteiger partial charge is 0.251 e. The molecule has 1 amide bonds. The van der Waals surface area contributed by atoms with Crippen molar-refractivity contribution in [2.24, 2.45) is 4.99 Å². The second-order valence-corrected chi connectivity index (χ2v) is 6.25. The molecule has 0 bridgehead atoms. The van der Waals surface area contributed by atoms with Gasteiger partial charge in [0.1, 0.15) is 5.82 Å². The van der Waals surface area contributed by atoms with Crippen LogP contribution < -0.4 is 16.0 Å². The van der Waals surface area contributed by atoms with Gasteiger partial charge in [0, 0.05) is 25.2 Å². The number of rotatable bonds is 7. The molecule has 0 aliphatic heterocycles. The van der Waals surface area contributed by atoms with Gasteiger partial charge in [0.25, 0.3) is 5.91 Å². The van der Waals surface area contributed by atoms with Crippen LogP contribution in [0.4, 0.5) is 4.39 Å². The maximum Gasteiger partial charge on any atom is 0.251 e. The van der Waals surface area contributed by atoms with Gasteiger partial charge in [0.05, 0.1) is 6.54 Å². The molecule has 0 radical (unpaired) electrons. The summed E-state index contributed by atoms with van der Waals surface area (Å²) in [7, 11) is 0. The van der Waals surface area contributed by atoms with Gasteiger partial charge in [-0.25, -0.2) is 9.38 Å². The third kappa shape index (κ3) is 6.19. The van der Waals surface area contributed by atoms with Crippen molar-refractivity contribution < 1.29 is 9.18 Å². The van der Waals surface area contributed by atoms with Crippen molar-refractivity contribution in [1.29, 1.82) is 0 Å². The van der Waals surface area contributed by atoms with E-state index >= 15 is 0 Å². The number of guanidine groups is 1. The van der Waals surface area contributed by atoms with E-state index in [2.05, 4.69) is 26.3 Å². The molecule has 134 valence electrons. The number of nitrogens with one attached hydrogen (secondary N) is 3. The first-order chi connectivity index (χ1) is 12.1. The average molecular weight is 362 g/mol. The maximum atomic E-state index is 13.5. The molecule has 5 nitrogen and oxygen atoms in total. The number of amides is 1. The van der Waals surface area contributed by atoms with Crippen molar-refractivity contribution in [3.63, 3.8) is 0 Å². The van der Waals surface area contributed by atoms with Crippen LogP contribution >= 0.6 is 11.3 Å². The van der Waals surface area contributed by atoms with Crippen LogP contribution in [0.1, 0.15) is 28.4 Å². The minimum Gasteiger partial charge on any atom is -0.357 e. The Morgan fingerprint density at radius 1 is 1.20 bits per heavy atom. The standard InChI is InChI=1S/C18H23FN4OS/c1-3-20-18(23-11-14-6-9-25-12-14)22-8-7-21-17(24)15-5-4-13(2)16(19)10-15/h4-6,9-10,12H,3,7-8,11H2,1-2H3,(H,21,24)(H2,20,22,23). The van der Waals surface area contributed by atoms with Crippen LogP contribution in [0.5, 0.6) is 0 Å². The van der Waals surface area contributed by atoms with Crippen molar-refractivity contribution >= 4 is 23.2 Å². The Hall–Kier alpha value is -2.41. The second kappa shape index (κ2) is 9.78. The SMILES string of the molecule is CCNC(=NCc1ccsc1)NCCNC(=O)c1ccc(C)c(F)c1. The van der Waals surface area contributed by atoms with Gasteiger partial charge in [-0.2, -0.15) is 11.3 Å². The van der Waals surface area contributed by atoms with Gasteiger partial charge in [-0.1, -0.05) is 6.07 Å². The molecule has 0 saturated carbocycles. The number of benzene rings is 1. The normalized spacial score (nSPS) is 11.2. The summed E-state index contributed by atoms with van der Waals surface area (Å²) in [5.74, 6) is 0.0333. The Balaban J connectivity index is 1.78. The quantitative estimate of drug-likeness (QED) is 0.403. The van der Waals surface area contributed by atoms with Crippen molar-refractivity contribution in [3.8, 4) is 0 Å². The highest BCUT2D eigenvalue weighted by molar-refractivity contribution is 7.07. The van der Waals surface area contributed by atoms with Gasteiger partial charge in [0.15, 0.2) is 5.96 Å². The highest BCUT2D eigenvalue weighted by Gasteiger charge is 2.07. The van der Waals surface area contributed by atoms with E-state index in [0.29, 0.717) is 36.7 Å². The summed E-state index contributed by atoms with van der Waals surface area (Å²) in [6.45, 7) is 5.96. The number of thiophene rings is 1. The fourth-order valence-electron chi connectivity index (χ4n) is 2.09. The molecule has 7 heteroatoms. The predicted octanol–water partition coefficient (Wildman–Crippen LogP) is 2.68. The van der Waals surface area contributed by atoms with Crippen LogP contribution in [0.25, 0.3) is 0 Å². The van der Waals surface area contributed by atoms with E-state index in [9.17, 15) is 9.18 Å². The minimum absolute atomic E-state index is 0.291. The van der Waals surface area contributed by atoms with E-state index in [1.54, 1.807) is 30.4 Å². The van der Waals surface area contributed by atoms with Crippen LogP contribution in [0.3, 0.4) is 0 Å². The van der Waals surface area contributed by atoms with Crippen molar-refractivity contribution in [2.45, 2.75) is 20.4 Å². The predicted molar refractivity (Wildman–Crippen MR) is 101 cm³/mol. The van der Waals surface area contributed by atoms with Crippen LogP contribution in [-0.4, -0.2) is 31.5 Å². The Bertz CT molecular complexity index is 716. The van der Waals surface area contributed by atoms with Gasteiger partial charge in [-0.05, 0) is 53.9 Å². The summed E-state index contributed by atoms with van der Waals surface area (Å²) >= 11 is 1.64. The molecule has 1 heterocycles. The summed E-state index contributed by atoms with van der Waals surface area (Å²) < 4.78 is 13.5. The number of hydrogen-bond acceptors (Lipinski definition) is 3. The summed E-state index contributed by atoms with van der Waals surface area (Å²) in [6, 6.07) is 6.51. The van der Waals surface area contributed by atoms with Crippen LogP contribution in [0.15, 0.2) is 40.0 Å². The Labute approximate surface area is 151 Å². The zero-order valence-electron chi connectivity index (χ0n) is 14.4. The van der Waals surface area contributed by atoms with E-state index < -0.39 is 0 Å². The fourth-order valence-corrected chi connectivity index (χ4v) is 2.75. The molecule has 2 rings (SSSR count). The molecule has 0 aliphatic carbocycles. The monoisotopic (exact) mass is 362 g/mol.